The Balaban J connectivity index is 2.85. The quantitative estimate of drug-likeness (QED) is 0.627. The van der Waals surface area contributed by atoms with E-state index in [1.165, 1.54) is 6.39 Å². The maximum absolute atomic E-state index is 5.01. The van der Waals surface area contributed by atoms with Crippen molar-refractivity contribution in [1.29, 1.82) is 0 Å². The van der Waals surface area contributed by atoms with Crippen LogP contribution in [0.1, 0.15) is 19.6 Å². The van der Waals surface area contributed by atoms with E-state index in [1.54, 1.807) is 6.20 Å². The van der Waals surface area contributed by atoms with Gasteiger partial charge in [0.25, 0.3) is 0 Å². The zero-order chi connectivity index (χ0) is 7.61. The van der Waals surface area contributed by atoms with E-state index in [0.29, 0.717) is 5.76 Å². The lowest BCUT2D eigenvalue weighted by atomic mass is 10.1. The van der Waals surface area contributed by atoms with Crippen LogP contribution in [0.25, 0.3) is 0 Å². The van der Waals surface area contributed by atoms with Crippen LogP contribution < -0.4 is 0 Å². The molecule has 0 aliphatic rings. The Kier molecular flexibility index (Phi) is 1.76. The van der Waals surface area contributed by atoms with Crippen molar-refractivity contribution in [2.24, 2.45) is 0 Å². The second-order valence-electron chi connectivity index (χ2n) is 2.52. The van der Waals surface area contributed by atoms with Gasteiger partial charge in [-0.05, 0) is 13.8 Å². The minimum Gasteiger partial charge on any atom is -0.445 e. The summed E-state index contributed by atoms with van der Waals surface area (Å²) in [6.45, 7) is 3.72. The molecule has 1 aromatic rings. The predicted molar refractivity (Wildman–Crippen MR) is 36.0 cm³/mol. The Morgan fingerprint density at radius 1 is 1.70 bits per heavy atom. The second-order valence-corrected chi connectivity index (χ2v) is 2.52. The lowest BCUT2D eigenvalue weighted by Crippen LogP contribution is -2.17. The van der Waals surface area contributed by atoms with Crippen LogP contribution in [-0.4, -0.2) is 4.98 Å². The van der Waals surface area contributed by atoms with E-state index >= 15 is 0 Å². The molecule has 0 saturated carbocycles. The van der Waals surface area contributed by atoms with Gasteiger partial charge in [0.2, 0.25) is 0 Å². The molecular formula is C7H10NO2. The number of aromatic nitrogens is 1. The first-order valence-electron chi connectivity index (χ1n) is 2.99. The van der Waals surface area contributed by atoms with Crippen molar-refractivity contribution >= 4 is 0 Å². The van der Waals surface area contributed by atoms with Crippen LogP contribution in [0.4, 0.5) is 0 Å². The molecule has 0 bridgehead atoms. The van der Waals surface area contributed by atoms with E-state index in [-0.39, 0.29) is 0 Å². The van der Waals surface area contributed by atoms with E-state index in [4.69, 9.17) is 9.15 Å². The lowest BCUT2D eigenvalue weighted by molar-refractivity contribution is 0.0287. The number of hydrogen-bond acceptors (Lipinski definition) is 3. The number of rotatable bonds is 2. The minimum absolute atomic E-state index is 0.476. The van der Waals surface area contributed by atoms with Crippen molar-refractivity contribution in [2.75, 3.05) is 0 Å². The summed E-state index contributed by atoms with van der Waals surface area (Å²) >= 11 is 0. The Bertz CT molecular complexity index is 191. The summed E-state index contributed by atoms with van der Waals surface area (Å²) < 4.78 is 9.91. The molecule has 0 spiro atoms. The first-order valence-corrected chi connectivity index (χ1v) is 2.99. The van der Waals surface area contributed by atoms with Crippen LogP contribution in [0.3, 0.4) is 0 Å². The number of hydrogen-bond donors (Lipinski definition) is 0. The molecule has 1 rings (SSSR count). The van der Waals surface area contributed by atoms with E-state index in [9.17, 15) is 0 Å². The van der Waals surface area contributed by atoms with Gasteiger partial charge in [0.1, 0.15) is 5.60 Å². The van der Waals surface area contributed by atoms with Crippen LogP contribution in [-0.2, 0) is 10.3 Å². The van der Waals surface area contributed by atoms with Crippen LogP contribution in [0.15, 0.2) is 17.0 Å². The fourth-order valence-electron chi connectivity index (χ4n) is 0.584. The molecule has 0 unspecified atom stereocenters. The minimum atomic E-state index is -0.476. The Morgan fingerprint density at radius 2 is 2.40 bits per heavy atom. The highest BCUT2D eigenvalue weighted by Crippen LogP contribution is 2.22. The van der Waals surface area contributed by atoms with Gasteiger partial charge in [0.05, 0.1) is 13.3 Å². The predicted octanol–water partition coefficient (Wildman–Crippen LogP) is 1.72. The summed E-state index contributed by atoms with van der Waals surface area (Å²) in [6, 6.07) is 0. The normalized spacial score (nSPS) is 11.9. The largest absolute Gasteiger partial charge is 0.445 e. The van der Waals surface area contributed by atoms with Gasteiger partial charge >= 0.3 is 0 Å². The third-order valence-corrected chi connectivity index (χ3v) is 1.39. The molecular weight excluding hydrogens is 130 g/mol. The molecule has 0 atom stereocenters. The zero-order valence-corrected chi connectivity index (χ0v) is 6.13. The third kappa shape index (κ3) is 1.19. The van der Waals surface area contributed by atoms with Crippen molar-refractivity contribution in [3.63, 3.8) is 0 Å². The Morgan fingerprint density at radius 3 is 2.80 bits per heavy atom. The van der Waals surface area contributed by atoms with Gasteiger partial charge in [0.15, 0.2) is 12.2 Å². The van der Waals surface area contributed by atoms with E-state index in [0.717, 1.165) is 0 Å². The molecule has 1 radical (unpaired) electrons. The van der Waals surface area contributed by atoms with Crippen LogP contribution >= 0.6 is 0 Å². The SMILES string of the molecule is [CH2]OC(C)(C)c1cnco1. The topological polar surface area (TPSA) is 35.3 Å². The first-order chi connectivity index (χ1) is 4.67. The molecule has 0 saturated heterocycles. The fourth-order valence-corrected chi connectivity index (χ4v) is 0.584. The van der Waals surface area contributed by atoms with E-state index in [2.05, 4.69) is 12.1 Å². The monoisotopic (exact) mass is 140 g/mol. The second kappa shape index (κ2) is 2.42. The molecule has 3 nitrogen and oxygen atoms in total. The molecule has 55 valence electrons. The van der Waals surface area contributed by atoms with Crippen molar-refractivity contribution < 1.29 is 9.15 Å². The molecule has 10 heavy (non-hydrogen) atoms. The van der Waals surface area contributed by atoms with Gasteiger partial charge in [-0.3, -0.25) is 0 Å². The van der Waals surface area contributed by atoms with Gasteiger partial charge in [-0.2, -0.15) is 0 Å². The van der Waals surface area contributed by atoms with Crippen LogP contribution in [0.2, 0.25) is 0 Å². The average Bonchev–Trinajstić information content (AvgIpc) is 2.38. The molecule has 3 heteroatoms. The van der Waals surface area contributed by atoms with Crippen molar-refractivity contribution in [2.45, 2.75) is 19.4 Å². The summed E-state index contributed by atoms with van der Waals surface area (Å²) in [7, 11) is 3.33. The molecule has 1 aromatic heterocycles. The standard InChI is InChI=1S/C7H10NO2/c1-7(2,9-3)6-4-8-5-10-6/h4-5H,3H2,1-2H3. The van der Waals surface area contributed by atoms with E-state index in [1.807, 2.05) is 13.8 Å². The summed E-state index contributed by atoms with van der Waals surface area (Å²) in [6.07, 6.45) is 2.99. The van der Waals surface area contributed by atoms with Gasteiger partial charge in [0, 0.05) is 0 Å². The highest BCUT2D eigenvalue weighted by atomic mass is 16.5. The molecule has 1 heterocycles. The van der Waals surface area contributed by atoms with Crippen molar-refractivity contribution in [3.05, 3.63) is 25.5 Å². The molecule has 0 fully saturated rings. The zero-order valence-electron chi connectivity index (χ0n) is 6.13. The van der Waals surface area contributed by atoms with Crippen LogP contribution in [0, 0.1) is 7.11 Å². The summed E-state index contributed by atoms with van der Waals surface area (Å²) in [5, 5.41) is 0. The molecule has 0 amide bonds. The first kappa shape index (κ1) is 7.28. The van der Waals surface area contributed by atoms with Crippen molar-refractivity contribution in [3.8, 4) is 0 Å². The van der Waals surface area contributed by atoms with Gasteiger partial charge in [-0.25, -0.2) is 4.98 Å². The van der Waals surface area contributed by atoms with E-state index < -0.39 is 5.60 Å². The lowest BCUT2D eigenvalue weighted by Gasteiger charge is -2.18. The Hall–Kier alpha value is -0.830. The van der Waals surface area contributed by atoms with Crippen molar-refractivity contribution in [1.82, 2.24) is 4.98 Å². The third-order valence-electron chi connectivity index (χ3n) is 1.39. The maximum Gasteiger partial charge on any atom is 0.181 e. The number of nitrogens with zero attached hydrogens (tertiary/aromatic N) is 1. The number of oxazole rings is 1. The highest BCUT2D eigenvalue weighted by molar-refractivity contribution is 5.00. The maximum atomic E-state index is 5.01. The van der Waals surface area contributed by atoms with Gasteiger partial charge in [-0.15, -0.1) is 0 Å². The average molecular weight is 140 g/mol. The highest BCUT2D eigenvalue weighted by Gasteiger charge is 2.22. The summed E-state index contributed by atoms with van der Waals surface area (Å²) in [5.41, 5.74) is -0.476. The fraction of sp³-hybridized carbons (Fsp3) is 0.429. The van der Waals surface area contributed by atoms with Crippen LogP contribution in [0.5, 0.6) is 0 Å². The Labute approximate surface area is 60.0 Å². The summed E-state index contributed by atoms with van der Waals surface area (Å²) in [4.78, 5) is 3.76. The number of ether oxygens (including phenoxy) is 1. The molecule has 0 aliphatic heterocycles. The van der Waals surface area contributed by atoms with Gasteiger partial charge in [-0.1, -0.05) is 0 Å². The summed E-state index contributed by atoms with van der Waals surface area (Å²) in [5.74, 6) is 0.683. The molecule has 0 aromatic carbocycles. The smallest absolute Gasteiger partial charge is 0.181 e. The molecule has 0 aliphatic carbocycles. The molecule has 0 N–H and O–H groups in total. The van der Waals surface area contributed by atoms with Gasteiger partial charge < -0.3 is 9.15 Å².